The van der Waals surface area contributed by atoms with Crippen LogP contribution in [-0.2, 0) is 4.79 Å². The van der Waals surface area contributed by atoms with Gasteiger partial charge >= 0.3 is 12.0 Å². The van der Waals surface area contributed by atoms with Crippen molar-refractivity contribution in [2.45, 2.75) is 13.0 Å². The number of carbonyl (C=O) groups excluding carboxylic acids is 1. The van der Waals surface area contributed by atoms with E-state index in [1.54, 1.807) is 0 Å². The third-order valence-corrected chi connectivity index (χ3v) is 2.00. The number of anilines is 1. The second-order valence-electron chi connectivity index (χ2n) is 3.38. The summed E-state index contributed by atoms with van der Waals surface area (Å²) in [4.78, 5) is 21.6. The maximum absolute atomic E-state index is 13.1. The van der Waals surface area contributed by atoms with E-state index in [1.807, 2.05) is 10.6 Å². The average Bonchev–Trinajstić information content (AvgIpc) is 2.29. The molecule has 0 saturated heterocycles. The molecule has 0 aliphatic carbocycles. The third kappa shape index (κ3) is 3.12. The lowest BCUT2D eigenvalue weighted by Gasteiger charge is -2.11. The number of rotatable bonds is 3. The monoisotopic (exact) mass is 262 g/mol. The van der Waals surface area contributed by atoms with Gasteiger partial charge in [-0.15, -0.1) is 0 Å². The Morgan fingerprint density at radius 1 is 1.22 bits per heavy atom. The van der Waals surface area contributed by atoms with Crippen molar-refractivity contribution in [1.29, 1.82) is 0 Å². The molecule has 18 heavy (non-hydrogen) atoms. The summed E-state index contributed by atoms with van der Waals surface area (Å²) in [5.41, 5.74) is -0.594. The number of aliphatic carboxylic acids is 1. The fourth-order valence-electron chi connectivity index (χ4n) is 1.04. The summed E-state index contributed by atoms with van der Waals surface area (Å²) in [5, 5.41) is 12.3. The first-order valence-electron chi connectivity index (χ1n) is 4.76. The minimum atomic E-state index is -1.72. The van der Waals surface area contributed by atoms with Gasteiger partial charge in [0, 0.05) is 0 Å². The van der Waals surface area contributed by atoms with Gasteiger partial charge in [-0.1, -0.05) is 0 Å². The Morgan fingerprint density at radius 3 is 2.39 bits per heavy atom. The molecule has 0 bridgehead atoms. The molecule has 98 valence electrons. The van der Waals surface area contributed by atoms with Crippen molar-refractivity contribution in [3.63, 3.8) is 0 Å². The van der Waals surface area contributed by atoms with Crippen LogP contribution in [0.25, 0.3) is 0 Å². The molecule has 8 heteroatoms. The summed E-state index contributed by atoms with van der Waals surface area (Å²) in [6, 6.07) is -0.805. The normalized spacial score (nSPS) is 11.8. The zero-order valence-corrected chi connectivity index (χ0v) is 9.13. The molecule has 1 aromatic rings. The maximum Gasteiger partial charge on any atom is 0.325 e. The number of nitrogens with one attached hydrogen (secondary N) is 2. The molecule has 1 rings (SSSR count). The molecular formula is C10H9F3N2O3. The summed E-state index contributed by atoms with van der Waals surface area (Å²) in [6.07, 6.45) is 0. The van der Waals surface area contributed by atoms with Gasteiger partial charge in [-0.2, -0.15) is 0 Å². The number of halogens is 3. The SMILES string of the molecule is CC(NC(=O)Nc1ccc(F)c(F)c1F)C(=O)O. The lowest BCUT2D eigenvalue weighted by atomic mass is 10.3. The van der Waals surface area contributed by atoms with Gasteiger partial charge in [0.05, 0.1) is 5.69 Å². The first kappa shape index (κ1) is 13.8. The molecule has 0 aromatic heterocycles. The predicted octanol–water partition coefficient (Wildman–Crippen LogP) is 1.70. The Hall–Kier alpha value is -2.25. The van der Waals surface area contributed by atoms with Crippen LogP contribution in [0.15, 0.2) is 12.1 Å². The minimum Gasteiger partial charge on any atom is -0.480 e. The molecule has 3 N–H and O–H groups in total. The fraction of sp³-hybridized carbons (Fsp3) is 0.200. The van der Waals surface area contributed by atoms with Crippen LogP contribution in [0.5, 0.6) is 0 Å². The quantitative estimate of drug-likeness (QED) is 0.725. The van der Waals surface area contributed by atoms with E-state index in [1.165, 1.54) is 6.92 Å². The molecule has 0 fully saturated rings. The summed E-state index contributed by atoms with van der Waals surface area (Å²) < 4.78 is 38.6. The van der Waals surface area contributed by atoms with E-state index in [4.69, 9.17) is 5.11 Å². The van der Waals surface area contributed by atoms with Crippen LogP contribution in [0.2, 0.25) is 0 Å². The van der Waals surface area contributed by atoms with E-state index >= 15 is 0 Å². The number of carbonyl (C=O) groups is 2. The third-order valence-electron chi connectivity index (χ3n) is 2.00. The van der Waals surface area contributed by atoms with Crippen LogP contribution in [0.4, 0.5) is 23.7 Å². The Balaban J connectivity index is 2.77. The van der Waals surface area contributed by atoms with Crippen molar-refractivity contribution >= 4 is 17.7 Å². The van der Waals surface area contributed by atoms with Gasteiger partial charge in [0.2, 0.25) is 0 Å². The number of hydrogen-bond acceptors (Lipinski definition) is 2. The molecule has 0 saturated carbocycles. The first-order valence-corrected chi connectivity index (χ1v) is 4.76. The second kappa shape index (κ2) is 5.39. The Morgan fingerprint density at radius 2 is 1.83 bits per heavy atom. The summed E-state index contributed by atoms with van der Waals surface area (Å²) in [5.74, 6) is -5.97. The van der Waals surface area contributed by atoms with Crippen LogP contribution >= 0.6 is 0 Å². The standard InChI is InChI=1S/C10H9F3N2O3/c1-4(9(16)17)14-10(18)15-6-3-2-5(11)7(12)8(6)13/h2-4H,1H3,(H,16,17)(H2,14,15,18). The van der Waals surface area contributed by atoms with Gasteiger partial charge in [0.15, 0.2) is 17.5 Å². The van der Waals surface area contributed by atoms with E-state index in [9.17, 15) is 22.8 Å². The average molecular weight is 262 g/mol. The Labute approximate surface area is 99.6 Å². The smallest absolute Gasteiger partial charge is 0.325 e. The summed E-state index contributed by atoms with van der Waals surface area (Å²) in [6.45, 7) is 1.18. The highest BCUT2D eigenvalue weighted by molar-refractivity contribution is 5.92. The van der Waals surface area contributed by atoms with Gasteiger partial charge in [-0.25, -0.2) is 18.0 Å². The van der Waals surface area contributed by atoms with Crippen LogP contribution < -0.4 is 10.6 Å². The van der Waals surface area contributed by atoms with E-state index in [0.717, 1.165) is 6.07 Å². The lowest BCUT2D eigenvalue weighted by molar-refractivity contribution is -0.138. The number of hydrogen-bond donors (Lipinski definition) is 3. The van der Waals surface area contributed by atoms with E-state index in [-0.39, 0.29) is 0 Å². The number of amides is 2. The molecule has 1 aromatic carbocycles. The van der Waals surface area contributed by atoms with Crippen molar-refractivity contribution in [2.24, 2.45) is 0 Å². The fourth-order valence-corrected chi connectivity index (χ4v) is 1.04. The topological polar surface area (TPSA) is 78.4 Å². The van der Waals surface area contributed by atoms with Crippen molar-refractivity contribution in [2.75, 3.05) is 5.32 Å². The maximum atomic E-state index is 13.1. The van der Waals surface area contributed by atoms with E-state index in [2.05, 4.69) is 0 Å². The highest BCUT2D eigenvalue weighted by Gasteiger charge is 2.17. The second-order valence-corrected chi connectivity index (χ2v) is 3.38. The predicted molar refractivity (Wildman–Crippen MR) is 55.6 cm³/mol. The summed E-state index contributed by atoms with van der Waals surface area (Å²) in [7, 11) is 0. The van der Waals surface area contributed by atoms with Crippen molar-refractivity contribution in [3.8, 4) is 0 Å². The van der Waals surface area contributed by atoms with E-state index in [0.29, 0.717) is 6.07 Å². The molecule has 2 amide bonds. The molecule has 0 heterocycles. The van der Waals surface area contributed by atoms with Gasteiger partial charge in [0.25, 0.3) is 0 Å². The van der Waals surface area contributed by atoms with Crippen LogP contribution in [0.1, 0.15) is 6.92 Å². The largest absolute Gasteiger partial charge is 0.480 e. The number of carboxylic acid groups (broad SMARTS) is 1. The molecule has 5 nitrogen and oxygen atoms in total. The number of urea groups is 1. The number of carboxylic acids is 1. The van der Waals surface area contributed by atoms with Crippen molar-refractivity contribution in [1.82, 2.24) is 5.32 Å². The lowest BCUT2D eigenvalue weighted by Crippen LogP contribution is -2.41. The van der Waals surface area contributed by atoms with Gasteiger partial charge in [-0.3, -0.25) is 4.79 Å². The molecule has 0 aliphatic heterocycles. The van der Waals surface area contributed by atoms with E-state index < -0.39 is 41.2 Å². The zero-order chi connectivity index (χ0) is 13.9. The van der Waals surface area contributed by atoms with Crippen molar-refractivity contribution in [3.05, 3.63) is 29.6 Å². The molecule has 0 aliphatic rings. The Bertz CT molecular complexity index is 494. The Kier molecular flexibility index (Phi) is 4.13. The van der Waals surface area contributed by atoms with Gasteiger partial charge < -0.3 is 15.7 Å². The highest BCUT2D eigenvalue weighted by atomic mass is 19.2. The highest BCUT2D eigenvalue weighted by Crippen LogP contribution is 2.19. The molecule has 0 radical (unpaired) electrons. The zero-order valence-electron chi connectivity index (χ0n) is 9.13. The van der Waals surface area contributed by atoms with Crippen LogP contribution in [0.3, 0.4) is 0 Å². The minimum absolute atomic E-state index is 0.594. The molecular weight excluding hydrogens is 253 g/mol. The van der Waals surface area contributed by atoms with Gasteiger partial charge in [0.1, 0.15) is 6.04 Å². The molecule has 1 atom stereocenters. The van der Waals surface area contributed by atoms with Gasteiger partial charge in [-0.05, 0) is 19.1 Å². The first-order chi connectivity index (χ1) is 8.32. The van der Waals surface area contributed by atoms with Crippen molar-refractivity contribution < 1.29 is 27.9 Å². The van der Waals surface area contributed by atoms with Crippen LogP contribution in [0, 0.1) is 17.5 Å². The molecule has 1 unspecified atom stereocenters. The van der Waals surface area contributed by atoms with Crippen LogP contribution in [-0.4, -0.2) is 23.1 Å². The summed E-state index contributed by atoms with van der Waals surface area (Å²) >= 11 is 0. The molecule has 0 spiro atoms. The number of benzene rings is 1.